The number of esters is 1. The molecule has 0 amide bonds. The number of carbonyl (C=O) groups excluding carboxylic acids is 1. The number of hydrogen-bond acceptors (Lipinski definition) is 6. The van der Waals surface area contributed by atoms with E-state index in [0.29, 0.717) is 0 Å². The van der Waals surface area contributed by atoms with Gasteiger partial charge in [-0.2, -0.15) is 0 Å². The van der Waals surface area contributed by atoms with Gasteiger partial charge in [0.05, 0.1) is 20.9 Å². The minimum Gasteiger partial charge on any atom is -0.508 e. The van der Waals surface area contributed by atoms with Gasteiger partial charge in [0.2, 0.25) is 9.84 Å². The van der Waals surface area contributed by atoms with Crippen molar-refractivity contribution >= 4 is 21.8 Å². The standard InChI is InChI=1S/C20H14O7S/c21-15-4-8-17(9-5-15)28(25,26)18-10-6-16(7-11-18)27-20(24)14-3-1-2-13(12-14)19(22)23/h1-12,21H,(H,22,23). The van der Waals surface area contributed by atoms with Crippen LogP contribution in [0.5, 0.6) is 11.5 Å². The molecule has 0 atom stereocenters. The van der Waals surface area contributed by atoms with Gasteiger partial charge in [-0.15, -0.1) is 0 Å². The third kappa shape index (κ3) is 4.02. The Kier molecular flexibility index (Phi) is 5.14. The van der Waals surface area contributed by atoms with E-state index in [1.165, 1.54) is 72.8 Å². The average molecular weight is 398 g/mol. The van der Waals surface area contributed by atoms with E-state index in [2.05, 4.69) is 0 Å². The van der Waals surface area contributed by atoms with E-state index in [9.17, 15) is 23.1 Å². The highest BCUT2D eigenvalue weighted by atomic mass is 32.2. The second-order valence-electron chi connectivity index (χ2n) is 5.74. The van der Waals surface area contributed by atoms with Crippen molar-refractivity contribution in [1.29, 1.82) is 0 Å². The Labute approximate surface area is 160 Å². The van der Waals surface area contributed by atoms with Crippen molar-refractivity contribution in [2.45, 2.75) is 9.79 Å². The van der Waals surface area contributed by atoms with Gasteiger partial charge >= 0.3 is 11.9 Å². The molecule has 0 spiro atoms. The first-order valence-corrected chi connectivity index (χ1v) is 9.45. The maximum atomic E-state index is 12.6. The molecule has 0 aliphatic rings. The molecule has 0 aliphatic heterocycles. The number of sulfone groups is 1. The summed E-state index contributed by atoms with van der Waals surface area (Å²) < 4.78 is 30.3. The highest BCUT2D eigenvalue weighted by Crippen LogP contribution is 2.25. The van der Waals surface area contributed by atoms with Crippen LogP contribution in [-0.4, -0.2) is 30.6 Å². The number of hydrogen-bond donors (Lipinski definition) is 2. The molecular formula is C20H14O7S. The molecule has 0 radical (unpaired) electrons. The van der Waals surface area contributed by atoms with Crippen molar-refractivity contribution < 1.29 is 33.0 Å². The quantitative estimate of drug-likeness (QED) is 0.501. The van der Waals surface area contributed by atoms with E-state index in [0.717, 1.165) is 0 Å². The first-order chi connectivity index (χ1) is 13.3. The van der Waals surface area contributed by atoms with Crippen LogP contribution in [0.1, 0.15) is 20.7 Å². The van der Waals surface area contributed by atoms with Crippen molar-refractivity contribution in [3.8, 4) is 11.5 Å². The van der Waals surface area contributed by atoms with Crippen molar-refractivity contribution in [1.82, 2.24) is 0 Å². The molecule has 0 saturated heterocycles. The molecule has 0 unspecified atom stereocenters. The molecule has 28 heavy (non-hydrogen) atoms. The fourth-order valence-corrected chi connectivity index (χ4v) is 3.65. The Morgan fingerprint density at radius 1 is 0.786 bits per heavy atom. The molecule has 2 N–H and O–H groups in total. The Morgan fingerprint density at radius 2 is 1.32 bits per heavy atom. The molecule has 0 heterocycles. The maximum Gasteiger partial charge on any atom is 0.343 e. The summed E-state index contributed by atoms with van der Waals surface area (Å²) in [7, 11) is -3.79. The smallest absolute Gasteiger partial charge is 0.343 e. The van der Waals surface area contributed by atoms with E-state index in [-0.39, 0.29) is 32.4 Å². The highest BCUT2D eigenvalue weighted by Gasteiger charge is 2.18. The number of carboxylic acid groups (broad SMARTS) is 1. The van der Waals surface area contributed by atoms with Crippen LogP contribution in [0.2, 0.25) is 0 Å². The molecule has 8 heteroatoms. The lowest BCUT2D eigenvalue weighted by Crippen LogP contribution is -2.10. The summed E-state index contributed by atoms with van der Waals surface area (Å²) in [6, 6.07) is 15.7. The number of carbonyl (C=O) groups is 2. The second kappa shape index (κ2) is 7.53. The van der Waals surface area contributed by atoms with Crippen molar-refractivity contribution in [2.75, 3.05) is 0 Å². The van der Waals surface area contributed by atoms with Gasteiger partial charge in [0.15, 0.2) is 0 Å². The summed E-state index contributed by atoms with van der Waals surface area (Å²) in [4.78, 5) is 23.2. The number of ether oxygens (including phenoxy) is 1. The summed E-state index contributed by atoms with van der Waals surface area (Å²) in [5.74, 6) is -1.88. The number of phenols is 1. The molecule has 3 rings (SSSR count). The van der Waals surface area contributed by atoms with Gasteiger partial charge in [0.25, 0.3) is 0 Å². The Morgan fingerprint density at radius 3 is 1.89 bits per heavy atom. The van der Waals surface area contributed by atoms with Crippen LogP contribution < -0.4 is 4.74 Å². The van der Waals surface area contributed by atoms with E-state index in [4.69, 9.17) is 9.84 Å². The molecule has 3 aromatic rings. The van der Waals surface area contributed by atoms with Crippen LogP contribution in [-0.2, 0) is 9.84 Å². The van der Waals surface area contributed by atoms with Gasteiger partial charge in [-0.25, -0.2) is 18.0 Å². The van der Waals surface area contributed by atoms with Gasteiger partial charge in [-0.1, -0.05) is 6.07 Å². The monoisotopic (exact) mass is 398 g/mol. The Hall–Kier alpha value is -3.65. The number of benzene rings is 3. The maximum absolute atomic E-state index is 12.6. The zero-order chi connectivity index (χ0) is 20.3. The normalized spacial score (nSPS) is 11.0. The van der Waals surface area contributed by atoms with Crippen LogP contribution in [0.3, 0.4) is 0 Å². The predicted molar refractivity (Wildman–Crippen MR) is 98.4 cm³/mol. The first kappa shape index (κ1) is 19.1. The summed E-state index contributed by atoms with van der Waals surface area (Å²) in [5, 5.41) is 18.3. The van der Waals surface area contributed by atoms with Crippen LogP contribution >= 0.6 is 0 Å². The van der Waals surface area contributed by atoms with E-state index in [1.807, 2.05) is 0 Å². The minimum absolute atomic E-state index is 0.00846. The molecule has 0 aliphatic carbocycles. The van der Waals surface area contributed by atoms with Gasteiger partial charge in [-0.05, 0) is 66.7 Å². The number of phenolic OH excluding ortho intramolecular Hbond substituents is 1. The number of aromatic carboxylic acids is 1. The molecule has 7 nitrogen and oxygen atoms in total. The predicted octanol–water partition coefficient (Wildman–Crippen LogP) is 3.14. The molecule has 3 aromatic carbocycles. The van der Waals surface area contributed by atoms with Crippen LogP contribution in [0, 0.1) is 0 Å². The van der Waals surface area contributed by atoms with Crippen molar-refractivity contribution in [2.24, 2.45) is 0 Å². The topological polar surface area (TPSA) is 118 Å². The summed E-state index contributed by atoms with van der Waals surface area (Å²) in [6.45, 7) is 0. The lowest BCUT2D eigenvalue weighted by molar-refractivity contribution is 0.0697. The fourth-order valence-electron chi connectivity index (χ4n) is 2.39. The zero-order valence-electron chi connectivity index (χ0n) is 14.3. The SMILES string of the molecule is O=C(O)c1cccc(C(=O)Oc2ccc(S(=O)(=O)c3ccc(O)cc3)cc2)c1. The molecule has 0 aromatic heterocycles. The summed E-state index contributed by atoms with van der Waals surface area (Å²) >= 11 is 0. The van der Waals surface area contributed by atoms with Gasteiger partial charge < -0.3 is 14.9 Å². The molecule has 142 valence electrons. The molecular weight excluding hydrogens is 384 g/mol. The number of carboxylic acids is 1. The van der Waals surface area contributed by atoms with Crippen LogP contribution in [0.15, 0.2) is 82.6 Å². The van der Waals surface area contributed by atoms with Crippen molar-refractivity contribution in [3.05, 3.63) is 83.9 Å². The van der Waals surface area contributed by atoms with Gasteiger partial charge in [0, 0.05) is 0 Å². The number of rotatable bonds is 5. The highest BCUT2D eigenvalue weighted by molar-refractivity contribution is 7.91. The zero-order valence-corrected chi connectivity index (χ0v) is 15.1. The molecule has 0 bridgehead atoms. The fraction of sp³-hybridized carbons (Fsp3) is 0. The average Bonchev–Trinajstić information content (AvgIpc) is 2.69. The Bertz CT molecular complexity index is 1130. The van der Waals surface area contributed by atoms with Crippen LogP contribution in [0.4, 0.5) is 0 Å². The lowest BCUT2D eigenvalue weighted by Gasteiger charge is -2.08. The first-order valence-electron chi connectivity index (χ1n) is 7.97. The van der Waals surface area contributed by atoms with E-state index in [1.54, 1.807) is 0 Å². The van der Waals surface area contributed by atoms with E-state index < -0.39 is 21.8 Å². The molecule has 0 fully saturated rings. The third-order valence-electron chi connectivity index (χ3n) is 3.84. The van der Waals surface area contributed by atoms with Crippen molar-refractivity contribution in [3.63, 3.8) is 0 Å². The van der Waals surface area contributed by atoms with Gasteiger partial charge in [0.1, 0.15) is 11.5 Å². The molecule has 0 saturated carbocycles. The second-order valence-corrected chi connectivity index (χ2v) is 7.69. The number of aromatic hydroxyl groups is 1. The van der Waals surface area contributed by atoms with Gasteiger partial charge in [-0.3, -0.25) is 0 Å². The third-order valence-corrected chi connectivity index (χ3v) is 5.62. The minimum atomic E-state index is -3.79. The summed E-state index contributed by atoms with van der Waals surface area (Å²) in [6.07, 6.45) is 0. The lowest BCUT2D eigenvalue weighted by atomic mass is 10.1. The Balaban J connectivity index is 1.79. The summed E-state index contributed by atoms with van der Waals surface area (Å²) in [5.41, 5.74) is 0.00507. The van der Waals surface area contributed by atoms with E-state index >= 15 is 0 Å². The van der Waals surface area contributed by atoms with Crippen LogP contribution in [0.25, 0.3) is 0 Å². The largest absolute Gasteiger partial charge is 0.508 e.